The maximum atomic E-state index is 13.2. The number of carbonyl (C=O) groups excluding carboxylic acids is 1. The van der Waals surface area contributed by atoms with E-state index in [0.29, 0.717) is 38.4 Å². The highest BCUT2D eigenvalue weighted by Crippen LogP contribution is 2.46. The molecule has 1 saturated heterocycles. The number of hydrogen-bond donors (Lipinski definition) is 2. The van der Waals surface area contributed by atoms with Gasteiger partial charge >= 0.3 is 0 Å². The van der Waals surface area contributed by atoms with E-state index in [4.69, 9.17) is 9.16 Å². The van der Waals surface area contributed by atoms with E-state index in [2.05, 4.69) is 44.2 Å². The average Bonchev–Trinajstić information content (AvgIpc) is 2.53. The Morgan fingerprint density at radius 1 is 1.33 bits per heavy atom. The molecule has 150 valence electrons. The highest BCUT2D eigenvalue weighted by Gasteiger charge is 2.55. The van der Waals surface area contributed by atoms with Gasteiger partial charge in [-0.15, -0.1) is 0 Å². The van der Waals surface area contributed by atoms with Crippen LogP contribution < -0.4 is 5.32 Å². The van der Waals surface area contributed by atoms with Gasteiger partial charge in [-0.1, -0.05) is 27.7 Å². The van der Waals surface area contributed by atoms with Crippen molar-refractivity contribution in [1.29, 1.82) is 0 Å². The molecular weight excluding hydrogens is 360 g/mol. The van der Waals surface area contributed by atoms with Crippen LogP contribution in [0.25, 0.3) is 0 Å². The summed E-state index contributed by atoms with van der Waals surface area (Å²) in [5.41, 5.74) is 0.333. The first-order chi connectivity index (χ1) is 12.5. The second-order valence-electron chi connectivity index (χ2n) is 9.39. The number of carbonyl (C=O) groups is 1. The molecule has 1 atom stereocenters. The molecule has 0 bridgehead atoms. The first-order valence-electron chi connectivity index (χ1n) is 9.73. The van der Waals surface area contributed by atoms with E-state index in [9.17, 15) is 9.90 Å². The minimum Gasteiger partial charge on any atom is -0.493 e. The molecule has 1 unspecified atom stereocenters. The van der Waals surface area contributed by atoms with Crippen LogP contribution >= 0.6 is 0 Å². The first-order valence-corrected chi connectivity index (χ1v) is 12.6. The van der Waals surface area contributed by atoms with Gasteiger partial charge in [0.25, 0.3) is 0 Å². The van der Waals surface area contributed by atoms with Crippen molar-refractivity contribution in [3.05, 3.63) is 23.4 Å². The van der Waals surface area contributed by atoms with E-state index in [1.165, 1.54) is 0 Å². The summed E-state index contributed by atoms with van der Waals surface area (Å²) >= 11 is 0. The standard InChI is InChI=1S/C20H32N2O4Si/c1-7-19(10-11-26-27(5,6)18(2,3)4)16-14(8-9-15(23)21-16)20(12-25-13-20)22-17(19)24/h8-9H,7,10-13H2,1-6H3,(H,21,23)(H,22,24). The predicted octanol–water partition coefficient (Wildman–Crippen LogP) is 3.20. The molecule has 7 heteroatoms. The average molecular weight is 393 g/mol. The number of fused-ring (bicyclic) bond motifs is 2. The Balaban J connectivity index is 1.93. The fraction of sp³-hybridized carbons (Fsp3) is 0.700. The van der Waals surface area contributed by atoms with Gasteiger partial charge in [-0.05, 0) is 37.0 Å². The first kappa shape index (κ1) is 20.3. The van der Waals surface area contributed by atoms with Crippen molar-refractivity contribution in [2.75, 3.05) is 19.8 Å². The lowest BCUT2D eigenvalue weighted by Crippen LogP contribution is -2.67. The molecule has 1 amide bonds. The van der Waals surface area contributed by atoms with Gasteiger partial charge in [0.05, 0.1) is 24.3 Å². The Kier molecular flexibility index (Phi) is 4.94. The number of pyridine rings is 1. The quantitative estimate of drug-likeness (QED) is 0.752. The van der Waals surface area contributed by atoms with Crippen molar-refractivity contribution >= 4 is 14.2 Å². The third-order valence-corrected chi connectivity index (χ3v) is 11.3. The Morgan fingerprint density at radius 3 is 2.52 bits per heavy atom. The molecule has 27 heavy (non-hydrogen) atoms. The van der Waals surface area contributed by atoms with E-state index in [1.807, 2.05) is 13.0 Å². The molecule has 0 saturated carbocycles. The second kappa shape index (κ2) is 6.57. The van der Waals surface area contributed by atoms with Gasteiger partial charge in [0.15, 0.2) is 8.32 Å². The number of aromatic nitrogens is 1. The molecule has 1 aromatic heterocycles. The van der Waals surface area contributed by atoms with Gasteiger partial charge in [0.2, 0.25) is 11.8 Å². The summed E-state index contributed by atoms with van der Waals surface area (Å²) in [5, 5.41) is 13.3. The molecule has 0 aliphatic carbocycles. The van der Waals surface area contributed by atoms with Gasteiger partial charge in [0.1, 0.15) is 5.54 Å². The zero-order chi connectivity index (χ0) is 20.1. The molecule has 0 aromatic carbocycles. The van der Waals surface area contributed by atoms with E-state index in [1.54, 1.807) is 6.07 Å². The van der Waals surface area contributed by atoms with Crippen LogP contribution in [0.3, 0.4) is 0 Å². The van der Waals surface area contributed by atoms with Crippen molar-refractivity contribution in [2.45, 2.75) is 69.6 Å². The lowest BCUT2D eigenvalue weighted by molar-refractivity contribution is -0.144. The number of rotatable bonds is 5. The molecule has 3 rings (SSSR count). The van der Waals surface area contributed by atoms with Crippen molar-refractivity contribution in [2.24, 2.45) is 0 Å². The molecule has 1 spiro atoms. The minimum absolute atomic E-state index is 0.0438. The van der Waals surface area contributed by atoms with E-state index in [-0.39, 0.29) is 16.8 Å². The monoisotopic (exact) mass is 392 g/mol. The summed E-state index contributed by atoms with van der Waals surface area (Å²) in [5.74, 6) is -0.0975. The normalized spacial score (nSPS) is 24.3. The van der Waals surface area contributed by atoms with Crippen molar-refractivity contribution < 1.29 is 19.1 Å². The summed E-state index contributed by atoms with van der Waals surface area (Å²) in [6, 6.07) is 3.46. The maximum Gasteiger partial charge on any atom is 0.233 e. The molecule has 2 aliphatic rings. The lowest BCUT2D eigenvalue weighted by atomic mass is 9.68. The van der Waals surface area contributed by atoms with Gasteiger partial charge in [0, 0.05) is 18.2 Å². The third kappa shape index (κ3) is 3.19. The van der Waals surface area contributed by atoms with Crippen LogP contribution in [-0.2, 0) is 24.9 Å². The number of nitrogens with one attached hydrogen (secondary N) is 1. The molecule has 1 aromatic rings. The van der Waals surface area contributed by atoms with Crippen LogP contribution in [0.15, 0.2) is 12.1 Å². The molecule has 0 radical (unpaired) electrons. The van der Waals surface area contributed by atoms with Gasteiger partial charge in [-0.3, -0.25) is 4.79 Å². The van der Waals surface area contributed by atoms with Crippen LogP contribution in [-0.4, -0.2) is 44.1 Å². The van der Waals surface area contributed by atoms with Gasteiger partial charge < -0.3 is 19.6 Å². The summed E-state index contributed by atoms with van der Waals surface area (Å²) in [4.78, 5) is 17.7. The van der Waals surface area contributed by atoms with Crippen LogP contribution in [0.1, 0.15) is 51.8 Å². The van der Waals surface area contributed by atoms with Crippen LogP contribution in [0.2, 0.25) is 18.1 Å². The summed E-state index contributed by atoms with van der Waals surface area (Å²) in [6.45, 7) is 14.4. The van der Waals surface area contributed by atoms with E-state index < -0.39 is 19.3 Å². The van der Waals surface area contributed by atoms with E-state index in [0.717, 1.165) is 5.56 Å². The van der Waals surface area contributed by atoms with E-state index >= 15 is 0 Å². The molecule has 2 aliphatic heterocycles. The molecule has 2 N–H and O–H groups in total. The topological polar surface area (TPSA) is 80.7 Å². The zero-order valence-corrected chi connectivity index (χ0v) is 18.3. The number of ether oxygens (including phenoxy) is 1. The summed E-state index contributed by atoms with van der Waals surface area (Å²) in [6.07, 6.45) is 1.14. The minimum atomic E-state index is -1.91. The summed E-state index contributed by atoms with van der Waals surface area (Å²) < 4.78 is 11.7. The van der Waals surface area contributed by atoms with Crippen LogP contribution in [0, 0.1) is 0 Å². The second-order valence-corrected chi connectivity index (χ2v) is 14.2. The Labute approximate surface area is 162 Å². The van der Waals surface area contributed by atoms with Gasteiger partial charge in [-0.25, -0.2) is 4.98 Å². The Bertz CT molecular complexity index is 740. The summed E-state index contributed by atoms with van der Waals surface area (Å²) in [7, 11) is -1.91. The highest BCUT2D eigenvalue weighted by molar-refractivity contribution is 6.74. The predicted molar refractivity (Wildman–Crippen MR) is 106 cm³/mol. The number of nitrogens with zero attached hydrogens (tertiary/aromatic N) is 1. The lowest BCUT2D eigenvalue weighted by Gasteiger charge is -2.50. The fourth-order valence-corrected chi connectivity index (χ4v) is 4.72. The largest absolute Gasteiger partial charge is 0.493 e. The smallest absolute Gasteiger partial charge is 0.233 e. The Morgan fingerprint density at radius 2 is 2.00 bits per heavy atom. The number of amides is 1. The zero-order valence-electron chi connectivity index (χ0n) is 17.3. The van der Waals surface area contributed by atoms with Gasteiger partial charge in [-0.2, -0.15) is 0 Å². The Hall–Kier alpha value is -1.44. The molecule has 6 nitrogen and oxygen atoms in total. The highest BCUT2D eigenvalue weighted by atomic mass is 28.4. The molecular formula is C20H32N2O4Si. The molecule has 1 fully saturated rings. The molecule has 3 heterocycles. The van der Waals surface area contributed by atoms with Crippen molar-refractivity contribution in [3.8, 4) is 5.88 Å². The SMILES string of the molecule is CCC1(CCO[Si](C)(C)C(C)(C)C)C(=O)NC2(COC2)c2ccc(O)nc21. The van der Waals surface area contributed by atoms with Crippen LogP contribution in [0.4, 0.5) is 0 Å². The van der Waals surface area contributed by atoms with Crippen molar-refractivity contribution in [1.82, 2.24) is 10.3 Å². The maximum absolute atomic E-state index is 13.2. The van der Waals surface area contributed by atoms with Crippen LogP contribution in [0.5, 0.6) is 5.88 Å². The fourth-order valence-electron chi connectivity index (χ4n) is 3.68. The third-order valence-electron chi connectivity index (χ3n) is 6.74. The number of hydrogen-bond acceptors (Lipinski definition) is 5. The number of aromatic hydroxyl groups is 1. The van der Waals surface area contributed by atoms with Crippen molar-refractivity contribution in [3.63, 3.8) is 0 Å².